The van der Waals surface area contributed by atoms with Gasteiger partial charge in [-0.2, -0.15) is 30.6 Å². The van der Waals surface area contributed by atoms with Crippen molar-refractivity contribution in [1.29, 1.82) is 0 Å². The Morgan fingerprint density at radius 2 is 1.76 bits per heavy atom. The van der Waals surface area contributed by atoms with E-state index in [1.54, 1.807) is 33.6 Å². The van der Waals surface area contributed by atoms with Crippen molar-refractivity contribution in [2.75, 3.05) is 14.1 Å². The molecule has 11 heteroatoms. The van der Waals surface area contributed by atoms with Gasteiger partial charge in [-0.25, -0.2) is 4.39 Å². The second-order valence-corrected chi connectivity index (χ2v) is 10.7. The van der Waals surface area contributed by atoms with E-state index in [1.165, 1.54) is 12.3 Å². The van der Waals surface area contributed by atoms with Gasteiger partial charge in [-0.15, -0.1) is 0 Å². The lowest BCUT2D eigenvalue weighted by atomic mass is 10.0. The van der Waals surface area contributed by atoms with Crippen molar-refractivity contribution in [3.63, 3.8) is 0 Å². The predicted molar refractivity (Wildman–Crippen MR) is 122 cm³/mol. The highest BCUT2D eigenvalue weighted by Crippen LogP contribution is 2.40. The number of aromatic nitrogens is 1. The molecular weight excluding hydrogens is 482 g/mol. The lowest BCUT2D eigenvalue weighted by Crippen LogP contribution is -2.43. The molecule has 1 aromatic heterocycles. The van der Waals surface area contributed by atoms with Crippen molar-refractivity contribution in [1.82, 2.24) is 13.6 Å². The third-order valence-corrected chi connectivity index (χ3v) is 6.94. The van der Waals surface area contributed by atoms with Crippen LogP contribution in [0, 0.1) is 11.7 Å². The van der Waals surface area contributed by atoms with Crippen LogP contribution in [-0.2, 0) is 16.8 Å². The molecule has 0 saturated carbocycles. The molecule has 1 N–H and O–H groups in total. The van der Waals surface area contributed by atoms with Crippen molar-refractivity contribution < 1.29 is 26.0 Å². The summed E-state index contributed by atoms with van der Waals surface area (Å²) in [5.74, 6) is -0.708. The number of rotatable bonds is 7. The van der Waals surface area contributed by atoms with E-state index in [2.05, 4.69) is 0 Å². The summed E-state index contributed by atoms with van der Waals surface area (Å²) < 4.78 is 85.7. The maximum absolute atomic E-state index is 15.2. The van der Waals surface area contributed by atoms with E-state index in [1.807, 2.05) is 13.8 Å². The van der Waals surface area contributed by atoms with Crippen LogP contribution in [0.1, 0.15) is 25.5 Å². The van der Waals surface area contributed by atoms with E-state index in [-0.39, 0.29) is 22.4 Å². The van der Waals surface area contributed by atoms with E-state index >= 15 is 4.39 Å². The van der Waals surface area contributed by atoms with Gasteiger partial charge in [0.1, 0.15) is 11.9 Å². The maximum Gasteiger partial charge on any atom is 0.409 e. The van der Waals surface area contributed by atoms with E-state index < -0.39 is 28.2 Å². The molecule has 0 aliphatic carbocycles. The van der Waals surface area contributed by atoms with Gasteiger partial charge in [-0.05, 0) is 24.1 Å². The molecule has 0 bridgehead atoms. The highest BCUT2D eigenvalue weighted by atomic mass is 35.5. The average Bonchev–Trinajstić information content (AvgIpc) is 3.01. The van der Waals surface area contributed by atoms with Gasteiger partial charge in [-0.1, -0.05) is 43.6 Å². The molecule has 0 spiro atoms. The summed E-state index contributed by atoms with van der Waals surface area (Å²) in [6, 6.07) is 6.47. The number of hydrogen-bond donors (Lipinski definition) is 1. The van der Waals surface area contributed by atoms with Crippen LogP contribution in [0.2, 0.25) is 5.02 Å². The molecule has 0 radical (unpaired) electrons. The zero-order chi connectivity index (χ0) is 24.7. The molecule has 0 aliphatic heterocycles. The fourth-order valence-corrected chi connectivity index (χ4v) is 4.57. The Morgan fingerprint density at radius 1 is 1.12 bits per heavy atom. The van der Waals surface area contributed by atoms with Gasteiger partial charge in [0.05, 0.1) is 0 Å². The first kappa shape index (κ1) is 25.5. The number of nitrogens with one attached hydrogen (secondary N) is 1. The summed E-state index contributed by atoms with van der Waals surface area (Å²) in [5, 5.41) is 0.262. The third-order valence-electron chi connectivity index (χ3n) is 5.11. The second-order valence-electron chi connectivity index (χ2n) is 8.34. The van der Waals surface area contributed by atoms with Crippen LogP contribution >= 0.6 is 11.6 Å². The number of hydrogen-bond acceptors (Lipinski definition) is 2. The maximum atomic E-state index is 15.2. The van der Waals surface area contributed by atoms with Gasteiger partial charge in [0.15, 0.2) is 0 Å². The van der Waals surface area contributed by atoms with Gasteiger partial charge in [0, 0.05) is 59.5 Å². The molecule has 3 rings (SSSR count). The summed E-state index contributed by atoms with van der Waals surface area (Å²) >= 11 is 6.22. The van der Waals surface area contributed by atoms with Crippen LogP contribution in [0.15, 0.2) is 42.6 Å². The fraction of sp³-hybridized carbons (Fsp3) is 0.364. The average molecular weight is 506 g/mol. The molecule has 5 nitrogen and oxygen atoms in total. The Kier molecular flexibility index (Phi) is 7.14. The van der Waals surface area contributed by atoms with Crippen LogP contribution in [-0.4, -0.2) is 37.6 Å². The molecular formula is C22H24ClF4N3O2S. The second kappa shape index (κ2) is 9.25. The molecule has 3 aromatic rings. The quantitative estimate of drug-likeness (QED) is 0.415. The van der Waals surface area contributed by atoms with Crippen LogP contribution < -0.4 is 4.72 Å². The highest BCUT2D eigenvalue weighted by Gasteiger charge is 2.45. The molecule has 0 amide bonds. The van der Waals surface area contributed by atoms with Crippen LogP contribution in [0.4, 0.5) is 17.6 Å². The Bertz CT molecular complexity index is 1270. The number of benzene rings is 2. The summed E-state index contributed by atoms with van der Waals surface area (Å²) in [5.41, 5.74) is 0.500. The lowest BCUT2D eigenvalue weighted by Gasteiger charge is -2.23. The van der Waals surface area contributed by atoms with Crippen LogP contribution in [0.25, 0.3) is 22.0 Å². The number of fused-ring (bicyclic) bond motifs is 1. The van der Waals surface area contributed by atoms with E-state index in [9.17, 15) is 21.6 Å². The van der Waals surface area contributed by atoms with Gasteiger partial charge < -0.3 is 4.57 Å². The lowest BCUT2D eigenvalue weighted by molar-refractivity contribution is -0.152. The molecule has 0 unspecified atom stereocenters. The van der Waals surface area contributed by atoms with Crippen molar-refractivity contribution in [2.24, 2.45) is 5.92 Å². The topological polar surface area (TPSA) is 54.3 Å². The van der Waals surface area contributed by atoms with Crippen molar-refractivity contribution in [2.45, 2.75) is 32.6 Å². The van der Waals surface area contributed by atoms with Crippen molar-refractivity contribution in [3.8, 4) is 11.1 Å². The molecule has 33 heavy (non-hydrogen) atoms. The monoisotopic (exact) mass is 505 g/mol. The normalized spacial score (nSPS) is 13.9. The van der Waals surface area contributed by atoms with E-state index in [0.29, 0.717) is 27.0 Å². The van der Waals surface area contributed by atoms with Gasteiger partial charge >= 0.3 is 6.18 Å². The zero-order valence-electron chi connectivity index (χ0n) is 18.4. The zero-order valence-corrected chi connectivity index (χ0v) is 20.0. The standard InChI is InChI=1S/C22H24ClF4N3O2S/c1-13(2)11-30-12-17(21(22(25,26)27)28-33(31,32)29(3)4)16-9-19(24)15(10-20(16)30)14-7-5-6-8-18(14)23/h5-10,12-13,21,28H,11H2,1-4H3/t21-/m0/s1. The minimum absolute atomic E-state index is 0.0345. The predicted octanol–water partition coefficient (Wildman–Crippen LogP) is 5.76. The van der Waals surface area contributed by atoms with E-state index in [4.69, 9.17) is 11.6 Å². The molecule has 1 atom stereocenters. The summed E-state index contributed by atoms with van der Waals surface area (Å²) in [7, 11) is -2.20. The molecule has 0 fully saturated rings. The smallest absolute Gasteiger partial charge is 0.347 e. The number of halogens is 5. The summed E-state index contributed by atoms with van der Waals surface area (Å²) in [4.78, 5) is 0. The number of alkyl halides is 3. The summed E-state index contributed by atoms with van der Waals surface area (Å²) in [6.07, 6.45) is -3.73. The minimum atomic E-state index is -4.96. The van der Waals surface area contributed by atoms with Gasteiger partial charge in [-0.3, -0.25) is 0 Å². The van der Waals surface area contributed by atoms with Gasteiger partial charge in [0.25, 0.3) is 10.2 Å². The first-order valence-electron chi connectivity index (χ1n) is 10.1. The SMILES string of the molecule is CC(C)Cn1cc([C@H](NS(=O)(=O)N(C)C)C(F)(F)F)c2cc(F)c(-c3ccccc3Cl)cc21. The number of nitrogens with zero attached hydrogens (tertiary/aromatic N) is 2. The largest absolute Gasteiger partial charge is 0.409 e. The first-order valence-corrected chi connectivity index (χ1v) is 11.9. The molecule has 2 aromatic carbocycles. The van der Waals surface area contributed by atoms with Gasteiger partial charge in [0.2, 0.25) is 0 Å². The molecule has 1 heterocycles. The Hall–Kier alpha value is -2.14. The minimum Gasteiger partial charge on any atom is -0.347 e. The third kappa shape index (κ3) is 5.34. The van der Waals surface area contributed by atoms with Crippen molar-refractivity contribution >= 4 is 32.7 Å². The summed E-state index contributed by atoms with van der Waals surface area (Å²) in [6.45, 7) is 4.12. The Balaban J connectivity index is 2.29. The molecule has 180 valence electrons. The Morgan fingerprint density at radius 3 is 2.30 bits per heavy atom. The van der Waals surface area contributed by atoms with E-state index in [0.717, 1.165) is 20.2 Å². The molecule has 0 saturated heterocycles. The first-order chi connectivity index (χ1) is 15.2. The molecule has 0 aliphatic rings. The Labute approximate surface area is 195 Å². The van der Waals surface area contributed by atoms with Crippen LogP contribution in [0.3, 0.4) is 0 Å². The highest BCUT2D eigenvalue weighted by molar-refractivity contribution is 7.87. The van der Waals surface area contributed by atoms with Crippen molar-refractivity contribution in [3.05, 3.63) is 59.0 Å². The van der Waals surface area contributed by atoms with Crippen LogP contribution in [0.5, 0.6) is 0 Å². The fourth-order valence-electron chi connectivity index (χ4n) is 3.56.